The van der Waals surface area contributed by atoms with E-state index < -0.39 is 10.8 Å². The number of amides is 2. The van der Waals surface area contributed by atoms with E-state index in [-0.39, 0.29) is 18.2 Å². The van der Waals surface area contributed by atoms with Crippen molar-refractivity contribution in [1.29, 1.82) is 0 Å². The van der Waals surface area contributed by atoms with Crippen molar-refractivity contribution >= 4 is 28.9 Å². The van der Waals surface area contributed by atoms with Crippen molar-refractivity contribution in [3.63, 3.8) is 0 Å². The number of carbonyl (C=O) groups excluding carboxylic acids is 2. The Morgan fingerprint density at radius 1 is 1.26 bits per heavy atom. The molecule has 0 atom stereocenters. The molecule has 116 valence electrons. The quantitative estimate of drug-likeness (QED) is 0.666. The van der Waals surface area contributed by atoms with E-state index in [1.54, 1.807) is 18.2 Å². The van der Waals surface area contributed by atoms with Gasteiger partial charge in [-0.1, -0.05) is 6.07 Å². The third-order valence-electron chi connectivity index (χ3n) is 3.19. The highest BCUT2D eigenvalue weighted by Gasteiger charge is 2.18. The molecule has 1 heterocycles. The van der Waals surface area contributed by atoms with E-state index in [1.807, 2.05) is 0 Å². The molecule has 3 rings (SSSR count). The number of ether oxygens (including phenoxy) is 1. The predicted octanol–water partition coefficient (Wildman–Crippen LogP) is 2.18. The van der Waals surface area contributed by atoms with Crippen LogP contribution in [0.4, 0.5) is 17.1 Å². The molecule has 0 saturated carbocycles. The summed E-state index contributed by atoms with van der Waals surface area (Å²) in [4.78, 5) is 33.7. The molecule has 23 heavy (non-hydrogen) atoms. The van der Waals surface area contributed by atoms with Gasteiger partial charge in [-0.25, -0.2) is 0 Å². The average molecular weight is 313 g/mol. The summed E-state index contributed by atoms with van der Waals surface area (Å²) in [6, 6.07) is 10.2. The van der Waals surface area contributed by atoms with E-state index in [2.05, 4.69) is 10.6 Å². The van der Waals surface area contributed by atoms with Crippen molar-refractivity contribution in [1.82, 2.24) is 0 Å². The van der Waals surface area contributed by atoms with Gasteiger partial charge in [0.05, 0.1) is 10.6 Å². The monoisotopic (exact) mass is 313 g/mol. The molecule has 8 heteroatoms. The van der Waals surface area contributed by atoms with Crippen molar-refractivity contribution in [2.24, 2.45) is 0 Å². The van der Waals surface area contributed by atoms with Gasteiger partial charge in [0.1, 0.15) is 5.75 Å². The second kappa shape index (κ2) is 5.76. The molecule has 0 aliphatic carbocycles. The fraction of sp³-hybridized carbons (Fsp3) is 0.0667. The average Bonchev–Trinajstić information content (AvgIpc) is 2.54. The molecular formula is C15H11N3O5. The van der Waals surface area contributed by atoms with E-state index in [1.165, 1.54) is 24.3 Å². The maximum Gasteiger partial charge on any atom is 0.271 e. The molecular weight excluding hydrogens is 302 g/mol. The van der Waals surface area contributed by atoms with Gasteiger partial charge in [0.15, 0.2) is 6.61 Å². The van der Waals surface area contributed by atoms with Crippen molar-refractivity contribution in [3.8, 4) is 5.75 Å². The first-order chi connectivity index (χ1) is 11.0. The van der Waals surface area contributed by atoms with Gasteiger partial charge in [0.25, 0.3) is 17.5 Å². The summed E-state index contributed by atoms with van der Waals surface area (Å²) in [5.41, 5.74) is 0.894. The summed E-state index contributed by atoms with van der Waals surface area (Å²) in [7, 11) is 0. The molecule has 1 aliphatic heterocycles. The van der Waals surface area contributed by atoms with Crippen LogP contribution in [0.15, 0.2) is 42.5 Å². The Hall–Kier alpha value is -3.42. The first-order valence-corrected chi connectivity index (χ1v) is 6.65. The van der Waals surface area contributed by atoms with Crippen LogP contribution < -0.4 is 15.4 Å². The Morgan fingerprint density at radius 2 is 2.09 bits per heavy atom. The van der Waals surface area contributed by atoms with Gasteiger partial charge in [-0.05, 0) is 24.3 Å². The number of anilines is 2. The number of non-ortho nitro benzene ring substituents is 1. The molecule has 2 aromatic rings. The minimum absolute atomic E-state index is 0.0633. The maximum atomic E-state index is 12.2. The minimum atomic E-state index is -0.540. The van der Waals surface area contributed by atoms with Crippen LogP contribution in [0.3, 0.4) is 0 Å². The largest absolute Gasteiger partial charge is 0.482 e. The standard InChI is InChI=1S/C15H11N3O5/c19-14-8-23-13-5-4-9(6-12(13)17-14)15(20)16-10-2-1-3-11(7-10)18(21)22/h1-7H,8H2,(H,16,20)(H,17,19). The van der Waals surface area contributed by atoms with Crippen LogP contribution in [0.2, 0.25) is 0 Å². The minimum Gasteiger partial charge on any atom is -0.482 e. The van der Waals surface area contributed by atoms with Crippen LogP contribution in [0.5, 0.6) is 5.75 Å². The van der Waals surface area contributed by atoms with Crippen molar-refractivity contribution in [3.05, 3.63) is 58.1 Å². The van der Waals surface area contributed by atoms with E-state index >= 15 is 0 Å². The predicted molar refractivity (Wildman–Crippen MR) is 81.6 cm³/mol. The van der Waals surface area contributed by atoms with E-state index in [9.17, 15) is 19.7 Å². The normalized spacial score (nSPS) is 12.6. The SMILES string of the molecule is O=C1COc2ccc(C(=O)Nc3cccc([N+](=O)[O-])c3)cc2N1. The van der Waals surface area contributed by atoms with Gasteiger partial charge in [0.2, 0.25) is 0 Å². The fourth-order valence-electron chi connectivity index (χ4n) is 2.12. The number of nitrogens with one attached hydrogen (secondary N) is 2. The number of benzene rings is 2. The summed E-state index contributed by atoms with van der Waals surface area (Å²) >= 11 is 0. The highest BCUT2D eigenvalue weighted by molar-refractivity contribution is 6.06. The molecule has 2 N–H and O–H groups in total. The number of hydrogen-bond donors (Lipinski definition) is 2. The molecule has 0 fully saturated rings. The van der Waals surface area contributed by atoms with E-state index in [4.69, 9.17) is 4.74 Å². The molecule has 0 radical (unpaired) electrons. The Bertz CT molecular complexity index is 819. The highest BCUT2D eigenvalue weighted by atomic mass is 16.6. The summed E-state index contributed by atoms with van der Waals surface area (Å²) in [6.45, 7) is -0.0633. The van der Waals surface area contributed by atoms with Crippen LogP contribution in [-0.2, 0) is 4.79 Å². The first kappa shape index (κ1) is 14.5. The number of fused-ring (bicyclic) bond motifs is 1. The summed E-state index contributed by atoms with van der Waals surface area (Å²) in [6.07, 6.45) is 0. The molecule has 0 bridgehead atoms. The fourth-order valence-corrected chi connectivity index (χ4v) is 2.12. The lowest BCUT2D eigenvalue weighted by atomic mass is 10.1. The van der Waals surface area contributed by atoms with Crippen LogP contribution in [0.25, 0.3) is 0 Å². The molecule has 1 aliphatic rings. The van der Waals surface area contributed by atoms with Gasteiger partial charge < -0.3 is 15.4 Å². The Balaban J connectivity index is 1.81. The maximum absolute atomic E-state index is 12.2. The number of rotatable bonds is 3. The third-order valence-corrected chi connectivity index (χ3v) is 3.19. The lowest BCUT2D eigenvalue weighted by Gasteiger charge is -2.18. The molecule has 8 nitrogen and oxygen atoms in total. The molecule has 0 unspecified atom stereocenters. The van der Waals surface area contributed by atoms with E-state index in [0.29, 0.717) is 22.7 Å². The van der Waals surface area contributed by atoms with Gasteiger partial charge >= 0.3 is 0 Å². The van der Waals surface area contributed by atoms with Gasteiger partial charge in [0, 0.05) is 23.4 Å². The van der Waals surface area contributed by atoms with Crippen molar-refractivity contribution in [2.45, 2.75) is 0 Å². The Morgan fingerprint density at radius 3 is 2.87 bits per heavy atom. The number of nitro groups is 1. The molecule has 0 spiro atoms. The molecule has 0 saturated heterocycles. The molecule has 0 aromatic heterocycles. The summed E-state index contributed by atoms with van der Waals surface area (Å²) in [5.74, 6) is -0.265. The van der Waals surface area contributed by atoms with Crippen LogP contribution in [-0.4, -0.2) is 23.3 Å². The zero-order valence-electron chi connectivity index (χ0n) is 11.7. The Kier molecular flexibility index (Phi) is 3.63. The van der Waals surface area contributed by atoms with Crippen LogP contribution in [0, 0.1) is 10.1 Å². The Labute approximate surface area is 130 Å². The number of nitrogens with zero attached hydrogens (tertiary/aromatic N) is 1. The lowest BCUT2D eigenvalue weighted by Crippen LogP contribution is -2.25. The van der Waals surface area contributed by atoms with Crippen molar-refractivity contribution in [2.75, 3.05) is 17.2 Å². The zero-order chi connectivity index (χ0) is 16.4. The van der Waals surface area contributed by atoms with Gasteiger partial charge in [-0.15, -0.1) is 0 Å². The first-order valence-electron chi connectivity index (χ1n) is 6.65. The highest BCUT2D eigenvalue weighted by Crippen LogP contribution is 2.28. The van der Waals surface area contributed by atoms with Crippen LogP contribution in [0.1, 0.15) is 10.4 Å². The number of hydrogen-bond acceptors (Lipinski definition) is 5. The number of carbonyl (C=O) groups is 2. The van der Waals surface area contributed by atoms with Crippen molar-refractivity contribution < 1.29 is 19.2 Å². The smallest absolute Gasteiger partial charge is 0.271 e. The van der Waals surface area contributed by atoms with E-state index in [0.717, 1.165) is 0 Å². The van der Waals surface area contributed by atoms with Gasteiger partial charge in [-0.3, -0.25) is 19.7 Å². The molecule has 2 aromatic carbocycles. The zero-order valence-corrected chi connectivity index (χ0v) is 11.7. The lowest BCUT2D eigenvalue weighted by molar-refractivity contribution is -0.384. The third kappa shape index (κ3) is 3.10. The topological polar surface area (TPSA) is 111 Å². The number of nitro benzene ring substituents is 1. The second-order valence-corrected chi connectivity index (χ2v) is 4.81. The summed E-state index contributed by atoms with van der Waals surface area (Å²) < 4.78 is 5.21. The molecule has 2 amide bonds. The second-order valence-electron chi connectivity index (χ2n) is 4.81. The van der Waals surface area contributed by atoms with Crippen LogP contribution >= 0.6 is 0 Å². The summed E-state index contributed by atoms with van der Waals surface area (Å²) in [5, 5.41) is 15.9. The van der Waals surface area contributed by atoms with Gasteiger partial charge in [-0.2, -0.15) is 0 Å².